The summed E-state index contributed by atoms with van der Waals surface area (Å²) in [5, 5.41) is 0.728. The molecule has 0 radical (unpaired) electrons. The number of rotatable bonds is 1. The predicted molar refractivity (Wildman–Crippen MR) is 53.3 cm³/mol. The average Bonchev–Trinajstić information content (AvgIpc) is 2.46. The van der Waals surface area contributed by atoms with Gasteiger partial charge in [0, 0.05) is 0 Å². The van der Waals surface area contributed by atoms with E-state index in [0.29, 0.717) is 0 Å². The molecule has 0 fully saturated rings. The third-order valence-electron chi connectivity index (χ3n) is 1.45. The zero-order chi connectivity index (χ0) is 7.68. The second-order valence-corrected chi connectivity index (χ2v) is 3.14. The summed E-state index contributed by atoms with van der Waals surface area (Å²) in [5.74, 6) is 0. The molecular weight excluding hydrogens is 181 g/mol. The standard InChI is InChI=1S/C8H7NOS.Na.H/c1-10-8-9-6-4-2-3-5-7(6)11-8;;/h2-5H,1H3;;. The Kier molecular flexibility index (Phi) is 3.53. The summed E-state index contributed by atoms with van der Waals surface area (Å²) in [6.45, 7) is 0. The number of thiazole rings is 1. The summed E-state index contributed by atoms with van der Waals surface area (Å²) in [6.07, 6.45) is 0. The van der Waals surface area contributed by atoms with Gasteiger partial charge in [-0.1, -0.05) is 23.5 Å². The Bertz CT molecular complexity index is 341. The SMILES string of the molecule is COc1nc2ccccc2s1.[NaH]. The first kappa shape index (κ1) is 9.99. The van der Waals surface area contributed by atoms with Gasteiger partial charge in [0.15, 0.2) is 0 Å². The molecule has 0 amide bonds. The summed E-state index contributed by atoms with van der Waals surface area (Å²) in [4.78, 5) is 4.23. The van der Waals surface area contributed by atoms with Crippen molar-refractivity contribution in [2.24, 2.45) is 0 Å². The minimum atomic E-state index is 0. The van der Waals surface area contributed by atoms with E-state index in [9.17, 15) is 0 Å². The van der Waals surface area contributed by atoms with E-state index in [1.807, 2.05) is 24.3 Å². The molecule has 0 aliphatic carbocycles. The van der Waals surface area contributed by atoms with Crippen LogP contribution >= 0.6 is 11.3 Å². The Hall–Kier alpha value is -0.0900. The van der Waals surface area contributed by atoms with E-state index in [2.05, 4.69) is 4.98 Å². The van der Waals surface area contributed by atoms with Gasteiger partial charge in [0.1, 0.15) is 0 Å². The second kappa shape index (κ2) is 4.23. The molecule has 58 valence electrons. The van der Waals surface area contributed by atoms with Crippen LogP contribution in [-0.4, -0.2) is 41.7 Å². The van der Waals surface area contributed by atoms with Crippen molar-refractivity contribution in [1.82, 2.24) is 4.98 Å². The summed E-state index contributed by atoms with van der Waals surface area (Å²) < 4.78 is 6.18. The van der Waals surface area contributed by atoms with Crippen molar-refractivity contribution in [3.05, 3.63) is 24.3 Å². The molecule has 1 aromatic heterocycles. The Morgan fingerprint density at radius 2 is 2.08 bits per heavy atom. The molecule has 2 aromatic rings. The summed E-state index contributed by atoms with van der Waals surface area (Å²) in [7, 11) is 1.64. The quantitative estimate of drug-likeness (QED) is 0.636. The molecule has 2 nitrogen and oxygen atoms in total. The number of hydrogen-bond donors (Lipinski definition) is 0. The zero-order valence-corrected chi connectivity index (χ0v) is 6.89. The van der Waals surface area contributed by atoms with Crippen LogP contribution < -0.4 is 4.74 Å². The Morgan fingerprint density at radius 1 is 1.33 bits per heavy atom. The van der Waals surface area contributed by atoms with E-state index in [1.165, 1.54) is 4.70 Å². The molecule has 0 aliphatic rings. The zero-order valence-electron chi connectivity index (χ0n) is 6.07. The van der Waals surface area contributed by atoms with Crippen LogP contribution in [0.5, 0.6) is 5.19 Å². The van der Waals surface area contributed by atoms with Crippen LogP contribution in [0.15, 0.2) is 24.3 Å². The van der Waals surface area contributed by atoms with Crippen LogP contribution in [0.3, 0.4) is 0 Å². The molecule has 1 aromatic carbocycles. The molecule has 2 rings (SSSR count). The van der Waals surface area contributed by atoms with Gasteiger partial charge in [0.2, 0.25) is 0 Å². The molecule has 0 saturated heterocycles. The number of aromatic nitrogens is 1. The van der Waals surface area contributed by atoms with Crippen LogP contribution in [0.4, 0.5) is 0 Å². The first-order valence-corrected chi connectivity index (χ1v) is 4.11. The number of hydrogen-bond acceptors (Lipinski definition) is 3. The molecule has 4 heteroatoms. The molecule has 0 bridgehead atoms. The average molecular weight is 189 g/mol. The van der Waals surface area contributed by atoms with E-state index >= 15 is 0 Å². The van der Waals surface area contributed by atoms with Gasteiger partial charge >= 0.3 is 29.6 Å². The Balaban J connectivity index is 0.000000720. The molecule has 0 N–H and O–H groups in total. The van der Waals surface area contributed by atoms with Gasteiger partial charge < -0.3 is 4.74 Å². The first-order valence-electron chi connectivity index (χ1n) is 3.30. The van der Waals surface area contributed by atoms with E-state index in [-0.39, 0.29) is 29.6 Å². The van der Waals surface area contributed by atoms with Crippen molar-refractivity contribution in [3.63, 3.8) is 0 Å². The van der Waals surface area contributed by atoms with Gasteiger partial charge in [-0.3, -0.25) is 0 Å². The van der Waals surface area contributed by atoms with Crippen LogP contribution in [0.25, 0.3) is 10.2 Å². The van der Waals surface area contributed by atoms with Crippen LogP contribution in [-0.2, 0) is 0 Å². The third-order valence-corrected chi connectivity index (χ3v) is 2.45. The summed E-state index contributed by atoms with van der Waals surface area (Å²) >= 11 is 1.56. The first-order chi connectivity index (χ1) is 5.40. The summed E-state index contributed by atoms with van der Waals surface area (Å²) in [6, 6.07) is 7.99. The maximum absolute atomic E-state index is 5.01. The van der Waals surface area contributed by atoms with Crippen molar-refractivity contribution in [1.29, 1.82) is 0 Å². The van der Waals surface area contributed by atoms with Gasteiger partial charge in [-0.15, -0.1) is 0 Å². The fourth-order valence-corrected chi connectivity index (χ4v) is 1.72. The van der Waals surface area contributed by atoms with Crippen LogP contribution in [0.2, 0.25) is 0 Å². The van der Waals surface area contributed by atoms with Gasteiger partial charge in [-0.2, -0.15) is 0 Å². The molecular formula is C8H8NNaOS. The number of methoxy groups -OCH3 is 1. The monoisotopic (exact) mass is 189 g/mol. The fraction of sp³-hybridized carbons (Fsp3) is 0.125. The normalized spacial score (nSPS) is 9.42. The maximum atomic E-state index is 5.01. The van der Waals surface area contributed by atoms with Gasteiger partial charge in [-0.25, -0.2) is 4.98 Å². The molecule has 0 saturated carbocycles. The second-order valence-electron chi connectivity index (χ2n) is 2.15. The molecule has 0 unspecified atom stereocenters. The third kappa shape index (κ3) is 1.80. The van der Waals surface area contributed by atoms with Crippen LogP contribution in [0.1, 0.15) is 0 Å². The molecule has 0 spiro atoms. The molecule has 12 heavy (non-hydrogen) atoms. The Labute approximate surface area is 96.9 Å². The van der Waals surface area contributed by atoms with E-state index < -0.39 is 0 Å². The topological polar surface area (TPSA) is 22.1 Å². The molecule has 1 heterocycles. The van der Waals surface area contributed by atoms with E-state index in [0.717, 1.165) is 10.7 Å². The number of para-hydroxylation sites is 1. The Morgan fingerprint density at radius 3 is 2.75 bits per heavy atom. The predicted octanol–water partition coefficient (Wildman–Crippen LogP) is 1.66. The van der Waals surface area contributed by atoms with E-state index in [4.69, 9.17) is 4.74 Å². The van der Waals surface area contributed by atoms with Crippen LogP contribution in [0, 0.1) is 0 Å². The number of ether oxygens (including phenoxy) is 1. The van der Waals surface area contributed by atoms with Crippen molar-refractivity contribution < 1.29 is 4.74 Å². The van der Waals surface area contributed by atoms with Crippen molar-refractivity contribution in [2.45, 2.75) is 0 Å². The number of benzene rings is 1. The number of nitrogens with zero attached hydrogens (tertiary/aromatic N) is 1. The van der Waals surface area contributed by atoms with Crippen molar-refractivity contribution >= 4 is 51.1 Å². The molecule has 0 atom stereocenters. The fourth-order valence-electron chi connectivity index (χ4n) is 0.938. The van der Waals surface area contributed by atoms with Crippen molar-refractivity contribution in [2.75, 3.05) is 7.11 Å². The van der Waals surface area contributed by atoms with Crippen molar-refractivity contribution in [3.8, 4) is 5.19 Å². The minimum absolute atomic E-state index is 0. The van der Waals surface area contributed by atoms with E-state index in [1.54, 1.807) is 18.4 Å². The number of fused-ring (bicyclic) bond motifs is 1. The van der Waals surface area contributed by atoms with Gasteiger partial charge in [0.05, 0.1) is 17.3 Å². The molecule has 0 aliphatic heterocycles. The van der Waals surface area contributed by atoms with Gasteiger partial charge in [-0.05, 0) is 12.1 Å². The summed E-state index contributed by atoms with van der Waals surface area (Å²) in [5.41, 5.74) is 1.01. The van der Waals surface area contributed by atoms with Gasteiger partial charge in [0.25, 0.3) is 5.19 Å².